The molecule has 3 heterocycles. The minimum absolute atomic E-state index is 0.146. The summed E-state index contributed by atoms with van der Waals surface area (Å²) >= 11 is 1.35. The number of aromatic nitrogens is 2. The highest BCUT2D eigenvalue weighted by molar-refractivity contribution is 7.14. The summed E-state index contributed by atoms with van der Waals surface area (Å²) in [6.45, 7) is 4.70. The van der Waals surface area contributed by atoms with Crippen molar-refractivity contribution < 1.29 is 18.7 Å². The predicted octanol–water partition coefficient (Wildman–Crippen LogP) is 3.98. The molecule has 0 bridgehead atoms. The third-order valence-corrected chi connectivity index (χ3v) is 5.90. The maximum absolute atomic E-state index is 12.4. The Kier molecular flexibility index (Phi) is 6.15. The van der Waals surface area contributed by atoms with E-state index < -0.39 is 0 Å². The van der Waals surface area contributed by atoms with Gasteiger partial charge in [-0.15, -0.1) is 11.3 Å². The predicted molar refractivity (Wildman–Crippen MR) is 119 cm³/mol. The Hall–Kier alpha value is -3.04. The van der Waals surface area contributed by atoms with Crippen LogP contribution in [0.25, 0.3) is 11.3 Å². The van der Waals surface area contributed by atoms with Crippen LogP contribution in [-0.4, -0.2) is 42.0 Å². The topological polar surface area (TPSA) is 97.6 Å². The second-order valence-corrected chi connectivity index (χ2v) is 8.23. The molecule has 0 aliphatic carbocycles. The molecular weight excluding hydrogens is 416 g/mol. The number of carbonyl (C=O) groups is 2. The first-order valence-electron chi connectivity index (χ1n) is 10.1. The number of nitrogens with zero attached hydrogens (tertiary/aromatic N) is 3. The van der Waals surface area contributed by atoms with E-state index in [4.69, 9.17) is 9.15 Å². The highest BCUT2D eigenvalue weighted by atomic mass is 32.1. The van der Waals surface area contributed by atoms with Gasteiger partial charge in [-0.25, -0.2) is 9.97 Å². The number of fused-ring (bicyclic) bond motifs is 1. The molecule has 0 radical (unpaired) electrons. The minimum atomic E-state index is -0.366. The maximum Gasteiger partial charge on any atom is 0.295 e. The first-order valence-corrected chi connectivity index (χ1v) is 11.0. The van der Waals surface area contributed by atoms with E-state index in [1.54, 1.807) is 21.0 Å². The van der Waals surface area contributed by atoms with Crippen molar-refractivity contribution in [2.24, 2.45) is 0 Å². The van der Waals surface area contributed by atoms with Crippen LogP contribution in [0.2, 0.25) is 0 Å². The molecule has 1 aliphatic heterocycles. The van der Waals surface area contributed by atoms with Gasteiger partial charge in [0.2, 0.25) is 11.7 Å². The summed E-state index contributed by atoms with van der Waals surface area (Å²) in [7, 11) is 1.66. The van der Waals surface area contributed by atoms with E-state index in [1.807, 2.05) is 22.4 Å². The summed E-state index contributed by atoms with van der Waals surface area (Å²) in [5.41, 5.74) is 4.35. The Bertz CT molecular complexity index is 1120. The maximum atomic E-state index is 12.4. The standard InChI is InChI=1S/C22H24N4O4S/c1-13-20(30-14(2)23-13)21(28)25-22-24-17(12-31-22)15-5-7-18-16(11-15)6-8-19(27)26(18)9-4-10-29-3/h5,7,11-12H,4,6,8-10H2,1-3H3,(H,24,25,28). The number of aryl methyl sites for hydroxylation is 3. The van der Waals surface area contributed by atoms with Gasteiger partial charge in [0.05, 0.1) is 11.4 Å². The summed E-state index contributed by atoms with van der Waals surface area (Å²) in [4.78, 5) is 35.3. The van der Waals surface area contributed by atoms with Gasteiger partial charge in [-0.3, -0.25) is 14.9 Å². The number of thiazole rings is 1. The number of amides is 2. The lowest BCUT2D eigenvalue weighted by Crippen LogP contribution is -2.36. The highest BCUT2D eigenvalue weighted by Crippen LogP contribution is 2.33. The minimum Gasteiger partial charge on any atom is -0.436 e. The van der Waals surface area contributed by atoms with E-state index in [0.29, 0.717) is 42.7 Å². The average molecular weight is 441 g/mol. The van der Waals surface area contributed by atoms with Crippen LogP contribution in [0, 0.1) is 13.8 Å². The van der Waals surface area contributed by atoms with Crippen LogP contribution < -0.4 is 10.2 Å². The molecule has 0 atom stereocenters. The van der Waals surface area contributed by atoms with E-state index in [-0.39, 0.29) is 17.6 Å². The molecule has 0 fully saturated rings. The van der Waals surface area contributed by atoms with Crippen molar-refractivity contribution >= 4 is 34.0 Å². The zero-order valence-corrected chi connectivity index (χ0v) is 18.5. The van der Waals surface area contributed by atoms with E-state index in [1.165, 1.54) is 11.3 Å². The number of carbonyl (C=O) groups excluding carboxylic acids is 2. The largest absolute Gasteiger partial charge is 0.436 e. The zero-order valence-electron chi connectivity index (χ0n) is 17.7. The van der Waals surface area contributed by atoms with E-state index in [0.717, 1.165) is 28.9 Å². The smallest absolute Gasteiger partial charge is 0.295 e. The second-order valence-electron chi connectivity index (χ2n) is 7.37. The number of ether oxygens (including phenoxy) is 1. The lowest BCUT2D eigenvalue weighted by molar-refractivity contribution is -0.118. The first kappa shape index (κ1) is 21.2. The lowest BCUT2D eigenvalue weighted by Gasteiger charge is -2.29. The fourth-order valence-corrected chi connectivity index (χ4v) is 4.41. The Labute approximate surface area is 184 Å². The second kappa shape index (κ2) is 8.99. The SMILES string of the molecule is COCCCN1C(=O)CCc2cc(-c3csc(NC(=O)c4oc(C)nc4C)n3)ccc21. The number of hydrogen-bond acceptors (Lipinski definition) is 7. The van der Waals surface area contributed by atoms with Gasteiger partial charge in [-0.05, 0) is 37.5 Å². The molecular formula is C22H24N4O4S. The van der Waals surface area contributed by atoms with Crippen LogP contribution in [0.4, 0.5) is 10.8 Å². The van der Waals surface area contributed by atoms with Gasteiger partial charge in [-0.1, -0.05) is 6.07 Å². The number of methoxy groups -OCH3 is 1. The van der Waals surface area contributed by atoms with Crippen LogP contribution in [0.5, 0.6) is 0 Å². The van der Waals surface area contributed by atoms with Crippen molar-refractivity contribution in [2.75, 3.05) is 30.5 Å². The first-order chi connectivity index (χ1) is 15.0. The molecule has 4 rings (SSSR count). The van der Waals surface area contributed by atoms with E-state index in [2.05, 4.69) is 21.4 Å². The number of nitrogens with one attached hydrogen (secondary N) is 1. The van der Waals surface area contributed by atoms with Crippen LogP contribution in [0.1, 0.15) is 40.5 Å². The Morgan fingerprint density at radius 3 is 2.87 bits per heavy atom. The third-order valence-electron chi connectivity index (χ3n) is 5.14. The summed E-state index contributed by atoms with van der Waals surface area (Å²) in [6.07, 6.45) is 2.00. The number of oxazole rings is 1. The van der Waals surface area contributed by atoms with Crippen LogP contribution in [0.3, 0.4) is 0 Å². The third kappa shape index (κ3) is 4.52. The Morgan fingerprint density at radius 1 is 1.29 bits per heavy atom. The molecule has 3 aromatic rings. The Morgan fingerprint density at radius 2 is 2.13 bits per heavy atom. The van der Waals surface area contributed by atoms with E-state index >= 15 is 0 Å². The summed E-state index contributed by atoms with van der Waals surface area (Å²) in [5.74, 6) is 0.426. The van der Waals surface area contributed by atoms with Crippen molar-refractivity contribution in [1.82, 2.24) is 9.97 Å². The number of rotatable bonds is 7. The molecule has 9 heteroatoms. The van der Waals surface area contributed by atoms with Gasteiger partial charge < -0.3 is 14.1 Å². The Balaban J connectivity index is 1.51. The fraction of sp³-hybridized carbons (Fsp3) is 0.364. The van der Waals surface area contributed by atoms with Gasteiger partial charge in [0, 0.05) is 50.2 Å². The molecule has 162 valence electrons. The van der Waals surface area contributed by atoms with Crippen LogP contribution >= 0.6 is 11.3 Å². The molecule has 1 aliphatic rings. The van der Waals surface area contributed by atoms with Crippen molar-refractivity contribution in [1.29, 1.82) is 0 Å². The molecule has 1 N–H and O–H groups in total. The summed E-state index contributed by atoms with van der Waals surface area (Å²) in [5, 5.41) is 5.17. The quantitative estimate of drug-likeness (QED) is 0.558. The van der Waals surface area contributed by atoms with Crippen molar-refractivity contribution in [2.45, 2.75) is 33.1 Å². The van der Waals surface area contributed by atoms with Gasteiger partial charge in [-0.2, -0.15) is 0 Å². The summed E-state index contributed by atoms with van der Waals surface area (Å²) < 4.78 is 10.5. The molecule has 31 heavy (non-hydrogen) atoms. The molecule has 0 saturated heterocycles. The van der Waals surface area contributed by atoms with Crippen LogP contribution in [-0.2, 0) is 16.0 Å². The van der Waals surface area contributed by atoms with Crippen LogP contribution in [0.15, 0.2) is 28.0 Å². The molecule has 0 unspecified atom stereocenters. The number of benzene rings is 1. The van der Waals surface area contributed by atoms with E-state index in [9.17, 15) is 9.59 Å². The summed E-state index contributed by atoms with van der Waals surface area (Å²) in [6, 6.07) is 6.02. The molecule has 2 aromatic heterocycles. The monoisotopic (exact) mass is 440 g/mol. The van der Waals surface area contributed by atoms with Gasteiger partial charge >= 0.3 is 0 Å². The molecule has 2 amide bonds. The molecule has 0 saturated carbocycles. The van der Waals surface area contributed by atoms with Crippen molar-refractivity contribution in [3.63, 3.8) is 0 Å². The highest BCUT2D eigenvalue weighted by Gasteiger charge is 2.24. The molecule has 0 spiro atoms. The molecule has 8 nitrogen and oxygen atoms in total. The van der Waals surface area contributed by atoms with Gasteiger partial charge in [0.1, 0.15) is 0 Å². The zero-order chi connectivity index (χ0) is 22.0. The number of anilines is 2. The van der Waals surface area contributed by atoms with Gasteiger partial charge in [0.25, 0.3) is 5.91 Å². The van der Waals surface area contributed by atoms with Gasteiger partial charge in [0.15, 0.2) is 11.0 Å². The number of hydrogen-bond donors (Lipinski definition) is 1. The fourth-order valence-electron chi connectivity index (χ4n) is 3.69. The molecule has 1 aromatic carbocycles. The van der Waals surface area contributed by atoms with Crippen molar-refractivity contribution in [3.8, 4) is 11.3 Å². The normalized spacial score (nSPS) is 13.4. The average Bonchev–Trinajstić information content (AvgIpc) is 3.35. The lowest BCUT2D eigenvalue weighted by atomic mass is 9.97. The van der Waals surface area contributed by atoms with Crippen molar-refractivity contribution in [3.05, 3.63) is 46.5 Å².